The van der Waals surface area contributed by atoms with Crippen molar-refractivity contribution in [2.75, 3.05) is 0 Å². The van der Waals surface area contributed by atoms with Gasteiger partial charge in [0.05, 0.1) is 11.4 Å². The van der Waals surface area contributed by atoms with E-state index in [0.29, 0.717) is 24.1 Å². The first-order valence-electron chi connectivity index (χ1n) is 7.02. The zero-order chi connectivity index (χ0) is 13.8. The summed E-state index contributed by atoms with van der Waals surface area (Å²) >= 11 is 0. The predicted octanol–water partition coefficient (Wildman–Crippen LogP) is 2.69. The molecule has 0 unspecified atom stereocenters. The Morgan fingerprint density at radius 1 is 1.19 bits per heavy atom. The van der Waals surface area contributed by atoms with Gasteiger partial charge in [-0.3, -0.25) is 4.57 Å². The molecule has 6 heteroatoms. The molecule has 0 atom stereocenters. The number of aromatic nitrogens is 4. The van der Waals surface area contributed by atoms with Crippen LogP contribution in [0.1, 0.15) is 30.3 Å². The highest BCUT2D eigenvalue weighted by atomic mass is 16.5. The van der Waals surface area contributed by atoms with Crippen LogP contribution in [-0.2, 0) is 6.61 Å². The minimum atomic E-state index is 0.452. The molecule has 3 aromatic rings. The Balaban J connectivity index is 1.62. The van der Waals surface area contributed by atoms with Crippen LogP contribution in [0.3, 0.4) is 0 Å². The van der Waals surface area contributed by atoms with Gasteiger partial charge in [-0.1, -0.05) is 17.3 Å². The van der Waals surface area contributed by atoms with Gasteiger partial charge in [0.1, 0.15) is 18.7 Å². The Labute approximate surface area is 120 Å². The first-order chi connectivity index (χ1) is 10.4. The molecule has 6 nitrogen and oxygen atoms in total. The summed E-state index contributed by atoms with van der Waals surface area (Å²) in [5.41, 5.74) is 2.64. The summed E-state index contributed by atoms with van der Waals surface area (Å²) < 4.78 is 13.2. The molecule has 1 fully saturated rings. The van der Waals surface area contributed by atoms with Crippen molar-refractivity contribution in [3.8, 4) is 23.0 Å². The molecule has 0 N–H and O–H groups in total. The van der Waals surface area contributed by atoms with Crippen molar-refractivity contribution < 1.29 is 9.26 Å². The van der Waals surface area contributed by atoms with Crippen LogP contribution in [0.15, 0.2) is 35.1 Å². The van der Waals surface area contributed by atoms with Crippen molar-refractivity contribution in [3.05, 3.63) is 42.1 Å². The summed E-state index contributed by atoms with van der Waals surface area (Å²) in [5, 5.41) is 4.05. The summed E-state index contributed by atoms with van der Waals surface area (Å²) in [6, 6.07) is 7.90. The number of imidazole rings is 1. The molecule has 21 heavy (non-hydrogen) atoms. The van der Waals surface area contributed by atoms with E-state index in [2.05, 4.69) is 15.1 Å². The van der Waals surface area contributed by atoms with E-state index in [1.54, 1.807) is 6.33 Å². The molecule has 1 aliphatic carbocycles. The lowest BCUT2D eigenvalue weighted by molar-refractivity contribution is 0.285. The minimum absolute atomic E-state index is 0.452. The van der Waals surface area contributed by atoms with Crippen LogP contribution in [0.4, 0.5) is 0 Å². The zero-order valence-corrected chi connectivity index (χ0v) is 11.2. The van der Waals surface area contributed by atoms with Gasteiger partial charge < -0.3 is 9.26 Å². The van der Waals surface area contributed by atoms with Crippen LogP contribution in [0, 0.1) is 0 Å². The topological polar surface area (TPSA) is 66.0 Å². The van der Waals surface area contributed by atoms with Gasteiger partial charge in [-0.15, -0.1) is 0 Å². The van der Waals surface area contributed by atoms with Crippen LogP contribution >= 0.6 is 0 Å². The maximum Gasteiger partial charge on any atom is 0.278 e. The fourth-order valence-electron chi connectivity index (χ4n) is 2.66. The first-order valence-corrected chi connectivity index (χ1v) is 7.02. The van der Waals surface area contributed by atoms with E-state index in [0.717, 1.165) is 35.8 Å². The molecule has 104 valence electrons. The Kier molecular flexibility index (Phi) is 2.08. The minimum Gasteiger partial charge on any atom is -0.485 e. The normalized spacial score (nSPS) is 16.2. The number of rotatable bonds is 2. The summed E-state index contributed by atoms with van der Waals surface area (Å²) in [4.78, 5) is 8.92. The monoisotopic (exact) mass is 280 g/mol. The molecular formula is C15H12N4O2. The van der Waals surface area contributed by atoms with Crippen molar-refractivity contribution in [1.82, 2.24) is 19.7 Å². The highest BCUT2D eigenvalue weighted by molar-refractivity contribution is 5.58. The number of para-hydroxylation sites is 2. The third kappa shape index (κ3) is 1.62. The molecule has 0 radical (unpaired) electrons. The van der Waals surface area contributed by atoms with Gasteiger partial charge in [-0.05, 0) is 25.0 Å². The van der Waals surface area contributed by atoms with Crippen molar-refractivity contribution >= 4 is 0 Å². The third-order valence-electron chi connectivity index (χ3n) is 3.94. The van der Waals surface area contributed by atoms with Crippen LogP contribution in [0.5, 0.6) is 5.75 Å². The lowest BCUT2D eigenvalue weighted by Gasteiger charge is -2.19. The molecule has 2 aromatic heterocycles. The second-order valence-corrected chi connectivity index (χ2v) is 5.40. The van der Waals surface area contributed by atoms with Gasteiger partial charge in [0.15, 0.2) is 11.5 Å². The van der Waals surface area contributed by atoms with Gasteiger partial charge in [0.25, 0.3) is 5.89 Å². The van der Waals surface area contributed by atoms with Crippen molar-refractivity contribution in [2.24, 2.45) is 0 Å². The van der Waals surface area contributed by atoms with Gasteiger partial charge >= 0.3 is 0 Å². The van der Waals surface area contributed by atoms with Crippen LogP contribution in [-0.4, -0.2) is 19.7 Å². The van der Waals surface area contributed by atoms with Crippen LogP contribution in [0.25, 0.3) is 17.3 Å². The standard InChI is InChI=1S/C15H12N4O2/c1-2-4-12-10(3-1)19-8-16-13(11(19)7-20-12)15-17-14(18-21-15)9-5-6-9/h1-4,8-9H,5-7H2. The molecule has 1 aromatic carbocycles. The van der Waals surface area contributed by atoms with Crippen LogP contribution < -0.4 is 4.74 Å². The largest absolute Gasteiger partial charge is 0.485 e. The fourth-order valence-corrected chi connectivity index (χ4v) is 2.66. The summed E-state index contributed by atoms with van der Waals surface area (Å²) in [6.07, 6.45) is 4.08. The van der Waals surface area contributed by atoms with E-state index in [-0.39, 0.29) is 0 Å². The lowest BCUT2D eigenvalue weighted by Crippen LogP contribution is -2.12. The van der Waals surface area contributed by atoms with Gasteiger partial charge in [0.2, 0.25) is 0 Å². The summed E-state index contributed by atoms with van der Waals surface area (Å²) in [7, 11) is 0. The molecule has 1 saturated carbocycles. The summed E-state index contributed by atoms with van der Waals surface area (Å²) in [6.45, 7) is 0.452. The quantitative estimate of drug-likeness (QED) is 0.722. The molecule has 5 rings (SSSR count). The number of hydrogen-bond donors (Lipinski definition) is 0. The second-order valence-electron chi connectivity index (χ2n) is 5.40. The molecule has 3 heterocycles. The van der Waals surface area contributed by atoms with Crippen molar-refractivity contribution in [2.45, 2.75) is 25.4 Å². The molecule has 2 aliphatic rings. The highest BCUT2D eigenvalue weighted by Gasteiger charge is 2.30. The van der Waals surface area contributed by atoms with E-state index in [1.165, 1.54) is 0 Å². The van der Waals surface area contributed by atoms with E-state index < -0.39 is 0 Å². The maximum atomic E-state index is 5.79. The SMILES string of the molecule is c1ccc2c(c1)OCc1c(-c3nc(C4CC4)no3)ncn1-2. The smallest absolute Gasteiger partial charge is 0.278 e. The number of fused-ring (bicyclic) bond motifs is 3. The third-order valence-corrected chi connectivity index (χ3v) is 3.94. The molecule has 0 spiro atoms. The Morgan fingerprint density at radius 2 is 2.10 bits per heavy atom. The van der Waals surface area contributed by atoms with Gasteiger partial charge in [0, 0.05) is 5.92 Å². The maximum absolute atomic E-state index is 5.79. The lowest BCUT2D eigenvalue weighted by atomic mass is 10.2. The molecule has 0 amide bonds. The number of benzene rings is 1. The second kappa shape index (κ2) is 3.94. The average molecular weight is 280 g/mol. The molecular weight excluding hydrogens is 268 g/mol. The zero-order valence-electron chi connectivity index (χ0n) is 11.2. The summed E-state index contributed by atoms with van der Waals surface area (Å²) in [5.74, 6) is 2.61. The molecule has 0 bridgehead atoms. The average Bonchev–Trinajstić information content (AvgIpc) is 3.11. The Morgan fingerprint density at radius 3 is 3.00 bits per heavy atom. The number of nitrogens with zero attached hydrogens (tertiary/aromatic N) is 4. The van der Waals surface area contributed by atoms with Gasteiger partial charge in [-0.2, -0.15) is 4.98 Å². The van der Waals surface area contributed by atoms with E-state index >= 15 is 0 Å². The van der Waals surface area contributed by atoms with E-state index in [1.807, 2.05) is 28.8 Å². The molecule has 1 aliphatic heterocycles. The van der Waals surface area contributed by atoms with Crippen LogP contribution in [0.2, 0.25) is 0 Å². The van der Waals surface area contributed by atoms with E-state index in [9.17, 15) is 0 Å². The van der Waals surface area contributed by atoms with E-state index in [4.69, 9.17) is 9.26 Å². The fraction of sp³-hybridized carbons (Fsp3) is 0.267. The highest BCUT2D eigenvalue weighted by Crippen LogP contribution is 2.39. The first kappa shape index (κ1) is 11.1. The predicted molar refractivity (Wildman–Crippen MR) is 73.2 cm³/mol. The molecule has 0 saturated heterocycles. The number of ether oxygens (including phenoxy) is 1. The van der Waals surface area contributed by atoms with Gasteiger partial charge in [-0.25, -0.2) is 4.98 Å². The Hall–Kier alpha value is -2.63. The van der Waals surface area contributed by atoms with Crippen molar-refractivity contribution in [1.29, 1.82) is 0 Å². The Bertz CT molecular complexity index is 832. The van der Waals surface area contributed by atoms with Crippen molar-refractivity contribution in [3.63, 3.8) is 0 Å². The number of hydrogen-bond acceptors (Lipinski definition) is 5.